The lowest BCUT2D eigenvalue weighted by molar-refractivity contribution is -0.123. The minimum atomic E-state index is -0.922. The Morgan fingerprint density at radius 3 is 2.24 bits per heavy atom. The van der Waals surface area contributed by atoms with E-state index in [0.717, 1.165) is 9.37 Å². The number of carbonyl (C=O) groups is 4. The number of carbonyl (C=O) groups excluding carboxylic acids is 4. The van der Waals surface area contributed by atoms with Crippen LogP contribution in [0, 0.1) is 11.8 Å². The largest absolute Gasteiger partial charge is 0.359 e. The van der Waals surface area contributed by atoms with Gasteiger partial charge in [-0.15, -0.1) is 0 Å². The lowest BCUT2D eigenvalue weighted by Gasteiger charge is -2.32. The second-order valence-electron chi connectivity index (χ2n) is 9.43. The maximum absolute atomic E-state index is 13.9. The molecule has 4 atom stereocenters. The zero-order valence-corrected chi connectivity index (χ0v) is 22.2. The average molecular weight is 588 g/mol. The van der Waals surface area contributed by atoms with Crippen LogP contribution in [0.1, 0.15) is 20.7 Å². The Morgan fingerprint density at radius 1 is 0.816 bits per heavy atom. The van der Waals surface area contributed by atoms with E-state index in [9.17, 15) is 19.2 Å². The van der Waals surface area contributed by atoms with Crippen LogP contribution in [0.4, 0.5) is 5.69 Å². The van der Waals surface area contributed by atoms with Gasteiger partial charge < -0.3 is 4.90 Å². The molecule has 3 aliphatic rings. The first-order valence-electron chi connectivity index (χ1n) is 12.1. The zero-order valence-electron chi connectivity index (χ0n) is 19.8. The minimum absolute atomic E-state index is 0.191. The monoisotopic (exact) mass is 586 g/mol. The summed E-state index contributed by atoms with van der Waals surface area (Å²) < 4.78 is 0.820. The highest BCUT2D eigenvalue weighted by Crippen LogP contribution is 2.47. The second-order valence-corrected chi connectivity index (χ2v) is 10.8. The minimum Gasteiger partial charge on any atom is -0.359 e. The number of benzene rings is 3. The first kappa shape index (κ1) is 24.5. The van der Waals surface area contributed by atoms with Gasteiger partial charge in [-0.05, 0) is 36.4 Å². The van der Waals surface area contributed by atoms with Crippen molar-refractivity contribution in [3.8, 4) is 0 Å². The van der Waals surface area contributed by atoms with Gasteiger partial charge in [0.15, 0.2) is 11.6 Å². The molecule has 2 saturated heterocycles. The topological polar surface area (TPSA) is 74.8 Å². The molecular weight excluding hydrogens is 568 g/mol. The summed E-state index contributed by atoms with van der Waals surface area (Å²) in [6, 6.07) is 20.8. The van der Waals surface area contributed by atoms with Crippen LogP contribution in [-0.2, 0) is 9.59 Å². The summed E-state index contributed by atoms with van der Waals surface area (Å²) in [5, 5.41) is 0.389. The standard InChI is InChI=1S/C30H20BrClN2O4/c31-20-11-9-18(10-12-20)28(36)26-25-24(29(37)34(30(25)38)22-8-4-7-21(32)16-22)23-15-19(13-14-33(23)26)27(35)17-5-2-1-3-6-17/h1-16,23-26H/t23-,24-,25+,26-/m1/s1. The van der Waals surface area contributed by atoms with Crippen LogP contribution in [0.5, 0.6) is 0 Å². The maximum Gasteiger partial charge on any atom is 0.240 e. The normalized spacial score (nSPS) is 23.8. The highest BCUT2D eigenvalue weighted by Gasteiger charge is 2.63. The molecule has 0 radical (unpaired) electrons. The molecule has 8 heteroatoms. The Balaban J connectivity index is 1.44. The molecule has 0 bridgehead atoms. The first-order chi connectivity index (χ1) is 18.3. The number of halogens is 2. The fourth-order valence-electron chi connectivity index (χ4n) is 5.61. The Morgan fingerprint density at radius 2 is 1.53 bits per heavy atom. The van der Waals surface area contributed by atoms with Crippen molar-refractivity contribution in [2.24, 2.45) is 11.8 Å². The SMILES string of the molecule is O=C(C1=C[C@@H]2[C@H]3C(=O)N(c4cccc(Cl)c4)C(=O)[C@@H]3[C@H](C(=O)c3ccc(Br)cc3)N2C=C1)c1ccccc1. The smallest absolute Gasteiger partial charge is 0.240 e. The number of amides is 2. The fraction of sp³-hybridized carbons (Fsp3) is 0.133. The molecule has 0 aliphatic carbocycles. The second kappa shape index (κ2) is 9.49. The number of anilines is 1. The third kappa shape index (κ3) is 3.94. The van der Waals surface area contributed by atoms with E-state index in [4.69, 9.17) is 11.6 Å². The van der Waals surface area contributed by atoms with E-state index in [1.807, 2.05) is 6.07 Å². The zero-order chi connectivity index (χ0) is 26.6. The molecule has 0 aromatic heterocycles. The third-order valence-corrected chi connectivity index (χ3v) is 8.07. The number of ketones is 2. The molecule has 3 heterocycles. The number of fused-ring (bicyclic) bond motifs is 3. The number of hydrogen-bond donors (Lipinski definition) is 0. The molecule has 0 unspecified atom stereocenters. The number of allylic oxidation sites excluding steroid dienone is 2. The quantitative estimate of drug-likeness (QED) is 0.292. The highest BCUT2D eigenvalue weighted by molar-refractivity contribution is 9.10. The maximum atomic E-state index is 13.9. The molecule has 3 aromatic carbocycles. The van der Waals surface area contributed by atoms with E-state index >= 15 is 0 Å². The molecular formula is C30H20BrClN2O4. The fourth-order valence-corrected chi connectivity index (χ4v) is 6.06. The summed E-state index contributed by atoms with van der Waals surface area (Å²) in [4.78, 5) is 57.7. The molecule has 0 N–H and O–H groups in total. The Kier molecular flexibility index (Phi) is 6.13. The number of rotatable bonds is 5. The van der Waals surface area contributed by atoms with Gasteiger partial charge in [-0.25, -0.2) is 4.90 Å². The van der Waals surface area contributed by atoms with Crippen LogP contribution in [0.3, 0.4) is 0 Å². The molecule has 0 saturated carbocycles. The van der Waals surface area contributed by atoms with Gasteiger partial charge in [0.25, 0.3) is 0 Å². The summed E-state index contributed by atoms with van der Waals surface area (Å²) in [6.07, 6.45) is 5.04. The molecule has 3 aromatic rings. The average Bonchev–Trinajstić information content (AvgIpc) is 3.40. The van der Waals surface area contributed by atoms with Crippen LogP contribution < -0.4 is 4.90 Å². The van der Waals surface area contributed by atoms with Gasteiger partial charge >= 0.3 is 0 Å². The molecule has 6 rings (SSSR count). The summed E-state index contributed by atoms with van der Waals surface area (Å²) in [5.41, 5.74) is 1.72. The molecule has 38 heavy (non-hydrogen) atoms. The predicted octanol–water partition coefficient (Wildman–Crippen LogP) is 5.48. The van der Waals surface area contributed by atoms with Crippen molar-refractivity contribution in [1.29, 1.82) is 0 Å². The predicted molar refractivity (Wildman–Crippen MR) is 147 cm³/mol. The van der Waals surface area contributed by atoms with Crippen LogP contribution in [-0.4, -0.2) is 40.4 Å². The first-order valence-corrected chi connectivity index (χ1v) is 13.2. The lowest BCUT2D eigenvalue weighted by atomic mass is 9.85. The highest BCUT2D eigenvalue weighted by atomic mass is 79.9. The number of Topliss-reactive ketones (excluding diaryl/α,β-unsaturated/α-hetero) is 2. The van der Waals surface area contributed by atoms with Gasteiger partial charge in [0.1, 0.15) is 6.04 Å². The van der Waals surface area contributed by atoms with Gasteiger partial charge in [-0.2, -0.15) is 0 Å². The number of hydrogen-bond acceptors (Lipinski definition) is 5. The number of imide groups is 1. The summed E-state index contributed by atoms with van der Waals surface area (Å²) in [6.45, 7) is 0. The summed E-state index contributed by atoms with van der Waals surface area (Å²) in [7, 11) is 0. The van der Waals surface area contributed by atoms with Crippen molar-refractivity contribution >= 4 is 56.6 Å². The summed E-state index contributed by atoms with van der Waals surface area (Å²) in [5.74, 6) is -3.08. The molecule has 0 spiro atoms. The molecule has 2 amide bonds. The van der Waals surface area contributed by atoms with Crippen molar-refractivity contribution in [1.82, 2.24) is 4.90 Å². The third-order valence-electron chi connectivity index (χ3n) is 7.31. The van der Waals surface area contributed by atoms with Gasteiger partial charge in [0.2, 0.25) is 11.8 Å². The van der Waals surface area contributed by atoms with E-state index in [2.05, 4.69) is 15.9 Å². The Hall–Kier alpha value is -3.81. The van der Waals surface area contributed by atoms with Crippen molar-refractivity contribution in [3.63, 3.8) is 0 Å². The van der Waals surface area contributed by atoms with E-state index in [0.29, 0.717) is 27.4 Å². The van der Waals surface area contributed by atoms with Crippen molar-refractivity contribution in [2.75, 3.05) is 4.90 Å². The molecule has 6 nitrogen and oxygen atoms in total. The van der Waals surface area contributed by atoms with Crippen molar-refractivity contribution in [3.05, 3.63) is 123 Å². The van der Waals surface area contributed by atoms with Crippen LogP contribution in [0.2, 0.25) is 5.02 Å². The van der Waals surface area contributed by atoms with Crippen LogP contribution >= 0.6 is 27.5 Å². The van der Waals surface area contributed by atoms with E-state index in [1.165, 1.54) is 0 Å². The summed E-state index contributed by atoms with van der Waals surface area (Å²) >= 11 is 9.55. The van der Waals surface area contributed by atoms with Gasteiger partial charge in [-0.1, -0.05) is 82.1 Å². The Labute approximate surface area is 232 Å². The van der Waals surface area contributed by atoms with E-state index < -0.39 is 35.7 Å². The molecule has 188 valence electrons. The van der Waals surface area contributed by atoms with Crippen LogP contribution in [0.15, 0.2) is 107 Å². The Bertz CT molecular complexity index is 1550. The van der Waals surface area contributed by atoms with Gasteiger partial charge in [0.05, 0.1) is 23.6 Å². The lowest BCUT2D eigenvalue weighted by Crippen LogP contribution is -2.46. The number of nitrogens with zero attached hydrogens (tertiary/aromatic N) is 2. The van der Waals surface area contributed by atoms with E-state index in [1.54, 1.807) is 96.0 Å². The van der Waals surface area contributed by atoms with Gasteiger partial charge in [0, 0.05) is 32.4 Å². The van der Waals surface area contributed by atoms with Crippen molar-refractivity contribution < 1.29 is 19.2 Å². The van der Waals surface area contributed by atoms with Crippen molar-refractivity contribution in [2.45, 2.75) is 12.1 Å². The van der Waals surface area contributed by atoms with Crippen LogP contribution in [0.25, 0.3) is 0 Å². The van der Waals surface area contributed by atoms with E-state index in [-0.39, 0.29) is 11.6 Å². The molecule has 2 fully saturated rings. The molecule has 3 aliphatic heterocycles. The van der Waals surface area contributed by atoms with Gasteiger partial charge in [-0.3, -0.25) is 19.2 Å².